The van der Waals surface area contributed by atoms with E-state index in [1.54, 1.807) is 25.7 Å². The Morgan fingerprint density at radius 2 is 1.81 bits per heavy atom. The second-order valence-electron chi connectivity index (χ2n) is 6.17. The lowest BCUT2D eigenvalue weighted by Gasteiger charge is -2.22. The fourth-order valence-electron chi connectivity index (χ4n) is 3.15. The molecule has 0 saturated carbocycles. The Morgan fingerprint density at radius 3 is 2.63 bits per heavy atom. The predicted octanol–water partition coefficient (Wildman–Crippen LogP) is 4.55. The minimum Gasteiger partial charge on any atom is -0.505 e. The number of methoxy groups -OCH3 is 1. The van der Waals surface area contributed by atoms with Crippen molar-refractivity contribution in [2.75, 3.05) is 12.4 Å². The molecule has 2 N–H and O–H groups in total. The highest BCUT2D eigenvalue weighted by molar-refractivity contribution is 5.86. The van der Waals surface area contributed by atoms with E-state index in [2.05, 4.69) is 15.3 Å². The maximum atomic E-state index is 10.9. The first-order valence-corrected chi connectivity index (χ1v) is 8.63. The molecular formula is C22H19N3O2. The molecule has 0 fully saturated rings. The van der Waals surface area contributed by atoms with E-state index in [4.69, 9.17) is 4.74 Å². The number of aromatic hydroxyl groups is 1. The topological polar surface area (TPSA) is 67.3 Å². The third-order valence-corrected chi connectivity index (χ3v) is 4.51. The Bertz CT molecular complexity index is 1070. The number of rotatable bonds is 5. The summed E-state index contributed by atoms with van der Waals surface area (Å²) in [4.78, 5) is 8.45. The highest BCUT2D eigenvalue weighted by Crippen LogP contribution is 2.36. The van der Waals surface area contributed by atoms with Crippen LogP contribution in [0, 0.1) is 0 Å². The van der Waals surface area contributed by atoms with Gasteiger partial charge in [-0.25, -0.2) is 0 Å². The molecule has 0 aliphatic heterocycles. The Labute approximate surface area is 157 Å². The standard InChI is InChI=1S/C22H19N3O2/c1-27-18-6-2-5-17(14-18)25-20(16-9-12-23-13-10-16)19-8-7-15-4-3-11-24-21(15)22(19)26/h2-14,20,25-26H,1H3. The van der Waals surface area contributed by atoms with Crippen molar-refractivity contribution in [3.8, 4) is 11.5 Å². The molecule has 2 aromatic heterocycles. The third kappa shape index (κ3) is 3.40. The van der Waals surface area contributed by atoms with Gasteiger partial charge in [0.05, 0.1) is 13.2 Å². The second-order valence-corrected chi connectivity index (χ2v) is 6.17. The Balaban J connectivity index is 1.82. The summed E-state index contributed by atoms with van der Waals surface area (Å²) < 4.78 is 5.32. The number of nitrogens with one attached hydrogen (secondary N) is 1. The molecule has 5 heteroatoms. The van der Waals surface area contributed by atoms with Gasteiger partial charge in [-0.15, -0.1) is 0 Å². The van der Waals surface area contributed by atoms with E-state index in [9.17, 15) is 5.11 Å². The first kappa shape index (κ1) is 16.8. The van der Waals surface area contributed by atoms with Crippen LogP contribution in [0.2, 0.25) is 0 Å². The summed E-state index contributed by atoms with van der Waals surface area (Å²) in [5.41, 5.74) is 3.20. The van der Waals surface area contributed by atoms with E-state index >= 15 is 0 Å². The number of anilines is 1. The summed E-state index contributed by atoms with van der Waals surface area (Å²) in [6.45, 7) is 0. The highest BCUT2D eigenvalue weighted by Gasteiger charge is 2.20. The van der Waals surface area contributed by atoms with Crippen molar-refractivity contribution >= 4 is 16.6 Å². The van der Waals surface area contributed by atoms with Gasteiger partial charge >= 0.3 is 0 Å². The average Bonchev–Trinajstić information content (AvgIpc) is 2.74. The van der Waals surface area contributed by atoms with Crippen LogP contribution in [0.4, 0.5) is 5.69 Å². The molecule has 0 spiro atoms. The molecular weight excluding hydrogens is 338 g/mol. The number of phenolic OH excluding ortho intramolecular Hbond substituents is 1. The van der Waals surface area contributed by atoms with Crippen LogP contribution in [-0.4, -0.2) is 22.2 Å². The number of hydrogen-bond donors (Lipinski definition) is 2. The summed E-state index contributed by atoms with van der Waals surface area (Å²) in [6, 6.07) is 19.0. The minimum atomic E-state index is -0.272. The van der Waals surface area contributed by atoms with Gasteiger partial charge in [0.1, 0.15) is 17.0 Å². The van der Waals surface area contributed by atoms with Crippen LogP contribution < -0.4 is 10.1 Å². The normalized spacial score (nSPS) is 11.9. The Hall–Kier alpha value is -3.60. The van der Waals surface area contributed by atoms with E-state index in [0.29, 0.717) is 5.52 Å². The molecule has 0 amide bonds. The summed E-state index contributed by atoms with van der Waals surface area (Å²) >= 11 is 0. The zero-order valence-electron chi connectivity index (χ0n) is 14.8. The number of fused-ring (bicyclic) bond motifs is 1. The van der Waals surface area contributed by atoms with Crippen molar-refractivity contribution < 1.29 is 9.84 Å². The third-order valence-electron chi connectivity index (χ3n) is 4.51. The van der Waals surface area contributed by atoms with Crippen molar-refractivity contribution in [2.24, 2.45) is 0 Å². The largest absolute Gasteiger partial charge is 0.505 e. The molecule has 0 radical (unpaired) electrons. The molecule has 0 saturated heterocycles. The van der Waals surface area contributed by atoms with E-state index in [-0.39, 0.29) is 11.8 Å². The van der Waals surface area contributed by atoms with Gasteiger partial charge in [0.15, 0.2) is 0 Å². The Kier molecular flexibility index (Phi) is 4.58. The second kappa shape index (κ2) is 7.33. The van der Waals surface area contributed by atoms with Crippen LogP contribution in [0.15, 0.2) is 79.3 Å². The SMILES string of the molecule is COc1cccc(NC(c2ccncc2)c2ccc3cccnc3c2O)c1. The number of phenols is 1. The van der Waals surface area contributed by atoms with Gasteiger partial charge < -0.3 is 15.2 Å². The van der Waals surface area contributed by atoms with Gasteiger partial charge in [0, 0.05) is 41.3 Å². The quantitative estimate of drug-likeness (QED) is 0.549. The molecule has 5 nitrogen and oxygen atoms in total. The zero-order chi connectivity index (χ0) is 18.6. The van der Waals surface area contributed by atoms with Crippen molar-refractivity contribution in [3.63, 3.8) is 0 Å². The molecule has 0 bridgehead atoms. The molecule has 1 unspecified atom stereocenters. The van der Waals surface area contributed by atoms with Gasteiger partial charge in [-0.3, -0.25) is 9.97 Å². The minimum absolute atomic E-state index is 0.172. The van der Waals surface area contributed by atoms with Crippen LogP contribution >= 0.6 is 0 Å². The van der Waals surface area contributed by atoms with Gasteiger partial charge in [0.2, 0.25) is 0 Å². The van der Waals surface area contributed by atoms with Crippen LogP contribution in [0.1, 0.15) is 17.2 Å². The van der Waals surface area contributed by atoms with E-state index in [0.717, 1.165) is 28.0 Å². The molecule has 27 heavy (non-hydrogen) atoms. The molecule has 134 valence electrons. The van der Waals surface area contributed by atoms with Crippen LogP contribution in [-0.2, 0) is 0 Å². The van der Waals surface area contributed by atoms with Gasteiger partial charge in [0.25, 0.3) is 0 Å². The molecule has 2 heterocycles. The number of pyridine rings is 2. The summed E-state index contributed by atoms with van der Waals surface area (Å²) in [5.74, 6) is 0.934. The molecule has 4 aromatic rings. The van der Waals surface area contributed by atoms with E-state index in [1.165, 1.54) is 0 Å². The lowest BCUT2D eigenvalue weighted by molar-refractivity contribution is 0.415. The smallest absolute Gasteiger partial charge is 0.147 e. The number of benzene rings is 2. The highest BCUT2D eigenvalue weighted by atomic mass is 16.5. The van der Waals surface area contributed by atoms with Crippen LogP contribution in [0.25, 0.3) is 10.9 Å². The van der Waals surface area contributed by atoms with Gasteiger partial charge in [-0.2, -0.15) is 0 Å². The first-order chi connectivity index (χ1) is 13.3. The zero-order valence-corrected chi connectivity index (χ0v) is 14.8. The molecule has 0 aliphatic carbocycles. The van der Waals surface area contributed by atoms with E-state index in [1.807, 2.05) is 60.7 Å². The molecule has 0 aliphatic rings. The monoisotopic (exact) mass is 357 g/mol. The van der Waals surface area contributed by atoms with Crippen molar-refractivity contribution in [1.82, 2.24) is 9.97 Å². The van der Waals surface area contributed by atoms with Crippen molar-refractivity contribution in [2.45, 2.75) is 6.04 Å². The number of aromatic nitrogens is 2. The number of ether oxygens (including phenoxy) is 1. The summed E-state index contributed by atoms with van der Waals surface area (Å²) in [7, 11) is 1.64. The fraction of sp³-hybridized carbons (Fsp3) is 0.0909. The van der Waals surface area contributed by atoms with Gasteiger partial charge in [-0.05, 0) is 35.9 Å². The maximum Gasteiger partial charge on any atom is 0.147 e. The molecule has 4 rings (SSSR count). The van der Waals surface area contributed by atoms with E-state index < -0.39 is 0 Å². The van der Waals surface area contributed by atoms with Crippen molar-refractivity contribution in [3.05, 3.63) is 90.4 Å². The fourth-order valence-corrected chi connectivity index (χ4v) is 3.15. The number of hydrogen-bond acceptors (Lipinski definition) is 5. The molecule has 1 atom stereocenters. The number of nitrogens with zero attached hydrogens (tertiary/aromatic N) is 2. The summed E-state index contributed by atoms with van der Waals surface area (Å²) in [5, 5.41) is 15.3. The lowest BCUT2D eigenvalue weighted by atomic mass is 9.96. The average molecular weight is 357 g/mol. The van der Waals surface area contributed by atoms with Crippen molar-refractivity contribution in [1.29, 1.82) is 0 Å². The van der Waals surface area contributed by atoms with Crippen LogP contribution in [0.5, 0.6) is 11.5 Å². The Morgan fingerprint density at radius 1 is 0.963 bits per heavy atom. The molecule has 2 aromatic carbocycles. The maximum absolute atomic E-state index is 10.9. The lowest BCUT2D eigenvalue weighted by Crippen LogP contribution is -2.13. The first-order valence-electron chi connectivity index (χ1n) is 8.63. The van der Waals surface area contributed by atoms with Gasteiger partial charge in [-0.1, -0.05) is 24.3 Å². The van der Waals surface area contributed by atoms with Crippen LogP contribution in [0.3, 0.4) is 0 Å². The predicted molar refractivity (Wildman–Crippen MR) is 106 cm³/mol. The summed E-state index contributed by atoms with van der Waals surface area (Å²) in [6.07, 6.45) is 5.17.